The topological polar surface area (TPSA) is 170 Å². The van der Waals surface area contributed by atoms with Gasteiger partial charge >= 0.3 is 24.4 Å². The summed E-state index contributed by atoms with van der Waals surface area (Å²) < 4.78 is 31.1. The summed E-state index contributed by atoms with van der Waals surface area (Å²) in [5.41, 5.74) is 5.70. The molecule has 1 aromatic rings. The van der Waals surface area contributed by atoms with Gasteiger partial charge in [0.15, 0.2) is 11.5 Å². The fraction of sp³-hybridized carbons (Fsp3) is 0.655. The summed E-state index contributed by atoms with van der Waals surface area (Å²) in [7, 11) is 0. The van der Waals surface area contributed by atoms with E-state index in [0.717, 1.165) is 6.42 Å². The van der Waals surface area contributed by atoms with Gasteiger partial charge in [-0.25, -0.2) is 14.4 Å². The normalized spacial score (nSPS) is 13.8. The van der Waals surface area contributed by atoms with Crippen LogP contribution in [0.5, 0.6) is 11.5 Å². The van der Waals surface area contributed by atoms with Crippen LogP contribution in [0.3, 0.4) is 0 Å². The highest BCUT2D eigenvalue weighted by molar-refractivity contribution is 5.75. The molecule has 0 radical (unpaired) electrons. The van der Waals surface area contributed by atoms with Crippen molar-refractivity contribution >= 4 is 24.4 Å². The lowest BCUT2D eigenvalue weighted by molar-refractivity contribution is -0.139. The number of hydrogen-bond donors (Lipinski definition) is 2. The Labute approximate surface area is 241 Å². The molecular weight excluding hydrogens is 538 g/mol. The fourth-order valence-corrected chi connectivity index (χ4v) is 3.37. The largest absolute Gasteiger partial charge is 0.513 e. The van der Waals surface area contributed by atoms with Gasteiger partial charge in [0.1, 0.15) is 6.04 Å². The molecule has 232 valence electrons. The van der Waals surface area contributed by atoms with E-state index in [0.29, 0.717) is 12.0 Å². The number of carboxylic acids is 1. The van der Waals surface area contributed by atoms with E-state index in [1.807, 2.05) is 48.5 Å². The molecule has 0 saturated carbocycles. The number of benzene rings is 1. The zero-order valence-corrected chi connectivity index (χ0v) is 25.3. The molecule has 0 aliphatic rings. The van der Waals surface area contributed by atoms with Crippen molar-refractivity contribution in [2.24, 2.45) is 22.5 Å². The number of unbranched alkanes of at least 4 members (excludes halogenated alkanes) is 1. The van der Waals surface area contributed by atoms with Gasteiger partial charge in [0, 0.05) is 5.92 Å². The van der Waals surface area contributed by atoms with Crippen molar-refractivity contribution < 1.29 is 52.7 Å². The minimum absolute atomic E-state index is 0.0462. The molecule has 2 unspecified atom stereocenters. The van der Waals surface area contributed by atoms with E-state index in [-0.39, 0.29) is 48.8 Å². The van der Waals surface area contributed by atoms with Crippen LogP contribution in [0.25, 0.3) is 0 Å². The van der Waals surface area contributed by atoms with E-state index in [9.17, 15) is 24.3 Å². The van der Waals surface area contributed by atoms with Gasteiger partial charge in [-0.3, -0.25) is 4.79 Å². The molecule has 0 spiro atoms. The SMILES string of the molecule is CCCCOC(=O)OCC(C)C(c1ccc(OC(=O)OCC(C)(C)C)c(OC(=O)OCC(C)(C)C)c1)[C@H](N)C(=O)O. The molecule has 0 aliphatic heterocycles. The number of carbonyl (C=O) groups excluding carboxylic acids is 3. The molecule has 1 aromatic carbocycles. The summed E-state index contributed by atoms with van der Waals surface area (Å²) in [5.74, 6) is -3.20. The number of nitrogens with two attached hydrogens (primary N) is 1. The van der Waals surface area contributed by atoms with Crippen molar-refractivity contribution in [3.63, 3.8) is 0 Å². The maximum atomic E-state index is 12.5. The van der Waals surface area contributed by atoms with Gasteiger partial charge in [-0.2, -0.15) is 0 Å². The average Bonchev–Trinajstić information content (AvgIpc) is 2.86. The second-order valence-electron chi connectivity index (χ2n) is 12.2. The lowest BCUT2D eigenvalue weighted by Crippen LogP contribution is -2.40. The molecule has 0 aliphatic carbocycles. The number of ether oxygens (including phenoxy) is 6. The van der Waals surface area contributed by atoms with Crippen LogP contribution in [0.2, 0.25) is 0 Å². The van der Waals surface area contributed by atoms with Crippen molar-refractivity contribution in [3.05, 3.63) is 23.8 Å². The summed E-state index contributed by atoms with van der Waals surface area (Å²) in [6, 6.07) is 2.71. The molecule has 12 nitrogen and oxygen atoms in total. The van der Waals surface area contributed by atoms with Gasteiger partial charge in [0.2, 0.25) is 0 Å². The maximum absolute atomic E-state index is 12.5. The van der Waals surface area contributed by atoms with Gasteiger partial charge in [-0.1, -0.05) is 67.9 Å². The van der Waals surface area contributed by atoms with Crippen LogP contribution in [-0.2, 0) is 23.7 Å². The van der Waals surface area contributed by atoms with Gasteiger partial charge in [-0.15, -0.1) is 0 Å². The molecule has 1 rings (SSSR count). The predicted octanol–water partition coefficient (Wildman–Crippen LogP) is 5.89. The predicted molar refractivity (Wildman–Crippen MR) is 149 cm³/mol. The van der Waals surface area contributed by atoms with E-state index >= 15 is 0 Å². The van der Waals surface area contributed by atoms with E-state index in [2.05, 4.69) is 0 Å². The van der Waals surface area contributed by atoms with Crippen molar-refractivity contribution in [1.29, 1.82) is 0 Å². The lowest BCUT2D eigenvalue weighted by Gasteiger charge is -2.28. The van der Waals surface area contributed by atoms with Crippen LogP contribution in [0.4, 0.5) is 14.4 Å². The standard InChI is InChI=1S/C29H45NO11/c1-9-10-13-36-25(33)37-15-18(2)22(23(30)24(31)32)19-11-12-20(40-26(34)38-16-28(3,4)5)21(14-19)41-27(35)39-17-29(6,7)8/h11-12,14,18,22-23H,9-10,13,15-17,30H2,1-8H3,(H,31,32)/t18?,22?,23-/m0/s1. The highest BCUT2D eigenvalue weighted by Gasteiger charge is 2.33. The molecule has 0 heterocycles. The van der Waals surface area contributed by atoms with Crippen molar-refractivity contribution in [1.82, 2.24) is 0 Å². The number of carbonyl (C=O) groups is 4. The molecule has 41 heavy (non-hydrogen) atoms. The number of hydrogen-bond acceptors (Lipinski definition) is 11. The average molecular weight is 584 g/mol. The third kappa shape index (κ3) is 14.1. The first-order valence-electron chi connectivity index (χ1n) is 13.5. The zero-order valence-electron chi connectivity index (χ0n) is 25.3. The van der Waals surface area contributed by atoms with Crippen LogP contribution >= 0.6 is 0 Å². The summed E-state index contributed by atoms with van der Waals surface area (Å²) in [5, 5.41) is 9.69. The second kappa shape index (κ2) is 16.0. The Bertz CT molecular complexity index is 1030. The Morgan fingerprint density at radius 1 is 0.829 bits per heavy atom. The van der Waals surface area contributed by atoms with Crippen LogP contribution in [0.15, 0.2) is 18.2 Å². The van der Waals surface area contributed by atoms with E-state index in [1.165, 1.54) is 18.2 Å². The molecule has 0 amide bonds. The quantitative estimate of drug-likeness (QED) is 0.122. The first-order valence-corrected chi connectivity index (χ1v) is 13.5. The summed E-state index contributed by atoms with van der Waals surface area (Å²) >= 11 is 0. The Balaban J connectivity index is 3.30. The number of rotatable bonds is 13. The molecule has 12 heteroatoms. The Morgan fingerprint density at radius 3 is 1.85 bits per heavy atom. The zero-order chi connectivity index (χ0) is 31.4. The Hall–Kier alpha value is -3.54. The van der Waals surface area contributed by atoms with Gasteiger partial charge in [-0.05, 0) is 40.9 Å². The van der Waals surface area contributed by atoms with E-state index < -0.39 is 42.3 Å². The first-order chi connectivity index (χ1) is 18.9. The van der Waals surface area contributed by atoms with Crippen molar-refractivity contribution in [3.8, 4) is 11.5 Å². The van der Waals surface area contributed by atoms with Crippen molar-refractivity contribution in [2.75, 3.05) is 26.4 Å². The fourth-order valence-electron chi connectivity index (χ4n) is 3.37. The van der Waals surface area contributed by atoms with Crippen molar-refractivity contribution in [2.45, 2.75) is 80.2 Å². The first kappa shape index (κ1) is 35.5. The molecule has 0 bridgehead atoms. The third-order valence-corrected chi connectivity index (χ3v) is 5.45. The highest BCUT2D eigenvalue weighted by Crippen LogP contribution is 2.36. The molecular formula is C29H45NO11. The van der Waals surface area contributed by atoms with E-state index in [4.69, 9.17) is 34.2 Å². The minimum atomic E-state index is -1.42. The smallest absolute Gasteiger partial charge is 0.480 e. The maximum Gasteiger partial charge on any atom is 0.513 e. The van der Waals surface area contributed by atoms with Crippen LogP contribution in [0, 0.1) is 16.7 Å². The number of carboxylic acid groups (broad SMARTS) is 1. The molecule has 3 N–H and O–H groups in total. The summed E-state index contributed by atoms with van der Waals surface area (Å²) in [6.07, 6.45) is -1.45. The van der Waals surface area contributed by atoms with Gasteiger partial charge < -0.3 is 39.3 Å². The van der Waals surface area contributed by atoms with Crippen LogP contribution in [-0.4, -0.2) is 62.0 Å². The Kier molecular flexibility index (Phi) is 13.9. The molecule has 0 aromatic heterocycles. The van der Waals surface area contributed by atoms with Gasteiger partial charge in [0.25, 0.3) is 0 Å². The lowest BCUT2D eigenvalue weighted by atomic mass is 9.82. The summed E-state index contributed by atoms with van der Waals surface area (Å²) in [4.78, 5) is 48.7. The monoisotopic (exact) mass is 583 g/mol. The van der Waals surface area contributed by atoms with E-state index in [1.54, 1.807) is 6.92 Å². The third-order valence-electron chi connectivity index (χ3n) is 5.45. The second-order valence-corrected chi connectivity index (χ2v) is 12.2. The van der Waals surface area contributed by atoms with Crippen LogP contribution < -0.4 is 15.2 Å². The molecule has 0 fully saturated rings. The molecule has 3 atom stereocenters. The van der Waals surface area contributed by atoms with Gasteiger partial charge in [0.05, 0.1) is 26.4 Å². The van der Waals surface area contributed by atoms with Crippen LogP contribution in [0.1, 0.15) is 79.7 Å². The number of aliphatic carboxylic acids is 1. The Morgan fingerprint density at radius 2 is 1.37 bits per heavy atom. The minimum Gasteiger partial charge on any atom is -0.480 e. The highest BCUT2D eigenvalue weighted by atomic mass is 16.7. The summed E-state index contributed by atoms with van der Waals surface area (Å²) in [6.45, 7) is 14.9. The molecule has 0 saturated heterocycles.